The third-order valence-electron chi connectivity index (χ3n) is 4.02. The molecule has 0 radical (unpaired) electrons. The molecule has 1 aromatic heterocycles. The Labute approximate surface area is 156 Å². The predicted octanol–water partition coefficient (Wildman–Crippen LogP) is 3.11. The SMILES string of the molecule is COC(=O)c1cc(OCc2cnc(-c3ccc(C)c(N)c3)nc2)ccc1O. The summed E-state index contributed by atoms with van der Waals surface area (Å²) in [5.41, 5.74) is 9.26. The van der Waals surface area contributed by atoms with E-state index in [0.717, 1.165) is 16.7 Å². The van der Waals surface area contributed by atoms with Crippen LogP contribution in [0.3, 0.4) is 0 Å². The lowest BCUT2D eigenvalue weighted by atomic mass is 10.1. The molecule has 0 aliphatic heterocycles. The van der Waals surface area contributed by atoms with E-state index < -0.39 is 5.97 Å². The third kappa shape index (κ3) is 4.14. The van der Waals surface area contributed by atoms with Gasteiger partial charge in [-0.05, 0) is 36.8 Å². The lowest BCUT2D eigenvalue weighted by molar-refractivity contribution is 0.0597. The first kappa shape index (κ1) is 18.2. The van der Waals surface area contributed by atoms with Crippen molar-refractivity contribution in [3.05, 3.63) is 65.5 Å². The van der Waals surface area contributed by atoms with Crippen LogP contribution in [0.5, 0.6) is 11.5 Å². The minimum atomic E-state index is -0.636. The van der Waals surface area contributed by atoms with Gasteiger partial charge in [-0.2, -0.15) is 0 Å². The van der Waals surface area contributed by atoms with Crippen LogP contribution in [0.4, 0.5) is 5.69 Å². The van der Waals surface area contributed by atoms with Gasteiger partial charge in [0.1, 0.15) is 23.7 Å². The molecule has 27 heavy (non-hydrogen) atoms. The van der Waals surface area contributed by atoms with E-state index in [9.17, 15) is 9.90 Å². The van der Waals surface area contributed by atoms with E-state index in [2.05, 4.69) is 14.7 Å². The first-order valence-electron chi connectivity index (χ1n) is 8.19. The number of aromatic nitrogens is 2. The van der Waals surface area contributed by atoms with Crippen molar-refractivity contribution >= 4 is 11.7 Å². The van der Waals surface area contributed by atoms with E-state index in [1.807, 2.05) is 25.1 Å². The molecule has 0 spiro atoms. The zero-order valence-electron chi connectivity index (χ0n) is 15.0. The normalized spacial score (nSPS) is 10.4. The van der Waals surface area contributed by atoms with E-state index >= 15 is 0 Å². The molecule has 7 nitrogen and oxygen atoms in total. The standard InChI is InChI=1S/C20H19N3O4/c1-12-3-4-14(7-17(12)21)19-22-9-13(10-23-19)11-27-15-5-6-18(24)16(8-15)20(25)26-2/h3-10,24H,11,21H2,1-2H3. The van der Waals surface area contributed by atoms with E-state index in [1.165, 1.54) is 19.2 Å². The maximum Gasteiger partial charge on any atom is 0.341 e. The first-order chi connectivity index (χ1) is 13.0. The summed E-state index contributed by atoms with van der Waals surface area (Å²) in [7, 11) is 1.25. The monoisotopic (exact) mass is 365 g/mol. The van der Waals surface area contributed by atoms with Gasteiger partial charge in [0.25, 0.3) is 0 Å². The van der Waals surface area contributed by atoms with Crippen LogP contribution in [-0.4, -0.2) is 28.2 Å². The summed E-state index contributed by atoms with van der Waals surface area (Å²) < 4.78 is 10.3. The zero-order chi connectivity index (χ0) is 19.4. The van der Waals surface area contributed by atoms with Crippen LogP contribution in [0.2, 0.25) is 0 Å². The van der Waals surface area contributed by atoms with E-state index in [4.69, 9.17) is 10.5 Å². The highest BCUT2D eigenvalue weighted by Crippen LogP contribution is 2.25. The second-order valence-corrected chi connectivity index (χ2v) is 5.95. The van der Waals surface area contributed by atoms with E-state index in [1.54, 1.807) is 18.5 Å². The molecule has 2 aromatic carbocycles. The van der Waals surface area contributed by atoms with Crippen LogP contribution in [0.1, 0.15) is 21.5 Å². The Hall–Kier alpha value is -3.61. The molecule has 3 rings (SSSR count). The van der Waals surface area contributed by atoms with Crippen LogP contribution in [0, 0.1) is 6.92 Å². The van der Waals surface area contributed by atoms with Crippen LogP contribution >= 0.6 is 0 Å². The summed E-state index contributed by atoms with van der Waals surface area (Å²) in [5.74, 6) is 0.189. The minimum absolute atomic E-state index is 0.0403. The Morgan fingerprint density at radius 3 is 2.56 bits per heavy atom. The fourth-order valence-electron chi connectivity index (χ4n) is 2.40. The van der Waals surface area contributed by atoms with Gasteiger partial charge < -0.3 is 20.3 Å². The summed E-state index contributed by atoms with van der Waals surface area (Å²) in [5, 5.41) is 9.71. The number of aryl methyl sites for hydroxylation is 1. The van der Waals surface area contributed by atoms with Gasteiger partial charge >= 0.3 is 5.97 Å². The average molecular weight is 365 g/mol. The number of anilines is 1. The van der Waals surface area contributed by atoms with Crippen LogP contribution in [0.25, 0.3) is 11.4 Å². The number of hydrogen-bond acceptors (Lipinski definition) is 7. The Bertz CT molecular complexity index is 971. The molecule has 0 saturated heterocycles. The Balaban J connectivity index is 1.70. The van der Waals surface area contributed by atoms with Crippen LogP contribution in [0.15, 0.2) is 48.8 Å². The van der Waals surface area contributed by atoms with Crippen molar-refractivity contribution in [2.45, 2.75) is 13.5 Å². The number of phenolic OH excluding ortho intramolecular Hbond substituents is 1. The number of aromatic hydroxyl groups is 1. The number of methoxy groups -OCH3 is 1. The smallest absolute Gasteiger partial charge is 0.341 e. The number of carbonyl (C=O) groups excluding carboxylic acids is 1. The number of carbonyl (C=O) groups is 1. The van der Waals surface area contributed by atoms with Crippen LogP contribution in [-0.2, 0) is 11.3 Å². The highest BCUT2D eigenvalue weighted by atomic mass is 16.5. The molecule has 0 unspecified atom stereocenters. The minimum Gasteiger partial charge on any atom is -0.507 e. The fraction of sp³-hybridized carbons (Fsp3) is 0.150. The maximum atomic E-state index is 11.6. The van der Waals surface area contributed by atoms with Gasteiger partial charge in [0.05, 0.1) is 7.11 Å². The number of nitrogen functional groups attached to an aromatic ring is 1. The lowest BCUT2D eigenvalue weighted by Crippen LogP contribution is -2.03. The first-order valence-corrected chi connectivity index (χ1v) is 8.19. The summed E-state index contributed by atoms with van der Waals surface area (Å²) in [6, 6.07) is 10.0. The summed E-state index contributed by atoms with van der Waals surface area (Å²) in [6.07, 6.45) is 3.33. The van der Waals surface area contributed by atoms with Gasteiger partial charge in [-0.1, -0.05) is 12.1 Å². The van der Waals surface area contributed by atoms with Gasteiger partial charge in [0.2, 0.25) is 0 Å². The van der Waals surface area contributed by atoms with Crippen molar-refractivity contribution in [1.82, 2.24) is 9.97 Å². The molecular weight excluding hydrogens is 346 g/mol. The number of benzene rings is 2. The maximum absolute atomic E-state index is 11.6. The zero-order valence-corrected chi connectivity index (χ0v) is 15.0. The van der Waals surface area contributed by atoms with Crippen molar-refractivity contribution in [1.29, 1.82) is 0 Å². The molecule has 3 N–H and O–H groups in total. The Kier molecular flexibility index (Phi) is 5.21. The summed E-state index contributed by atoms with van der Waals surface area (Å²) in [4.78, 5) is 20.3. The molecule has 0 saturated carbocycles. The van der Waals surface area contributed by atoms with Crippen molar-refractivity contribution in [3.8, 4) is 22.9 Å². The van der Waals surface area contributed by atoms with Gasteiger partial charge in [0.15, 0.2) is 5.82 Å². The quantitative estimate of drug-likeness (QED) is 0.528. The molecule has 1 heterocycles. The van der Waals surface area contributed by atoms with E-state index in [-0.39, 0.29) is 17.9 Å². The Morgan fingerprint density at radius 1 is 1.15 bits per heavy atom. The molecule has 0 aliphatic carbocycles. The Morgan fingerprint density at radius 2 is 1.89 bits per heavy atom. The fourth-order valence-corrected chi connectivity index (χ4v) is 2.40. The van der Waals surface area contributed by atoms with Gasteiger partial charge in [-0.25, -0.2) is 14.8 Å². The lowest BCUT2D eigenvalue weighted by Gasteiger charge is -2.09. The van der Waals surface area contributed by atoms with Gasteiger partial charge in [-0.15, -0.1) is 0 Å². The molecular formula is C20H19N3O4. The highest BCUT2D eigenvalue weighted by Gasteiger charge is 2.13. The number of esters is 1. The largest absolute Gasteiger partial charge is 0.507 e. The van der Waals surface area contributed by atoms with Crippen molar-refractivity contribution < 1.29 is 19.4 Å². The number of hydrogen-bond donors (Lipinski definition) is 2. The van der Waals surface area contributed by atoms with Gasteiger partial charge in [-0.3, -0.25) is 0 Å². The number of phenols is 1. The number of nitrogens with zero attached hydrogens (tertiary/aromatic N) is 2. The molecule has 0 bridgehead atoms. The third-order valence-corrected chi connectivity index (χ3v) is 4.02. The average Bonchev–Trinajstić information content (AvgIpc) is 2.69. The molecule has 0 atom stereocenters. The molecule has 0 fully saturated rings. The molecule has 0 amide bonds. The topological polar surface area (TPSA) is 108 Å². The second kappa shape index (κ2) is 7.74. The van der Waals surface area contributed by atoms with E-state index in [0.29, 0.717) is 17.3 Å². The molecule has 7 heteroatoms. The molecule has 138 valence electrons. The van der Waals surface area contributed by atoms with Crippen molar-refractivity contribution in [2.24, 2.45) is 0 Å². The number of ether oxygens (including phenoxy) is 2. The van der Waals surface area contributed by atoms with Crippen molar-refractivity contribution in [2.75, 3.05) is 12.8 Å². The second-order valence-electron chi connectivity index (χ2n) is 5.95. The van der Waals surface area contributed by atoms with Crippen molar-refractivity contribution in [3.63, 3.8) is 0 Å². The molecule has 0 aliphatic rings. The molecule has 3 aromatic rings. The summed E-state index contributed by atoms with van der Waals surface area (Å²) in [6.45, 7) is 2.15. The van der Waals surface area contributed by atoms with Gasteiger partial charge in [0, 0.05) is 29.2 Å². The summed E-state index contributed by atoms with van der Waals surface area (Å²) >= 11 is 0. The highest BCUT2D eigenvalue weighted by molar-refractivity contribution is 5.92. The number of nitrogens with two attached hydrogens (primary N) is 1. The number of rotatable bonds is 5. The van der Waals surface area contributed by atoms with Crippen LogP contribution < -0.4 is 10.5 Å². The predicted molar refractivity (Wildman–Crippen MR) is 100 cm³/mol.